The summed E-state index contributed by atoms with van der Waals surface area (Å²) in [5.41, 5.74) is 0. The number of allylic oxidation sites excluding steroid dienone is 5. The van der Waals surface area contributed by atoms with Gasteiger partial charge in [-0.2, -0.15) is 0 Å². The number of hydrogen-bond acceptors (Lipinski definition) is 2. The molecule has 3 nitrogen and oxygen atoms in total. The smallest absolute Gasteiger partial charge is 0.207 e. The minimum Gasteiger partial charge on any atom is -0.265 e. The largest absolute Gasteiger partial charge is 0.265 e. The van der Waals surface area contributed by atoms with E-state index < -0.39 is 0 Å². The Balaban J connectivity index is 3.30. The van der Waals surface area contributed by atoms with Crippen LogP contribution in [0, 0.1) is 10.1 Å². The maximum atomic E-state index is 10.1. The molecule has 0 aliphatic rings. The number of rotatable bonds is 14. The molecule has 0 bridgehead atoms. The van der Waals surface area contributed by atoms with E-state index in [0.717, 1.165) is 12.8 Å². The lowest BCUT2D eigenvalue weighted by molar-refractivity contribution is -0.478. The predicted octanol–water partition coefficient (Wildman–Crippen LogP) is 5.85. The molecule has 0 heterocycles. The summed E-state index contributed by atoms with van der Waals surface area (Å²) in [5, 5.41) is 10.1. The average molecular weight is 293 g/mol. The van der Waals surface area contributed by atoms with Crippen molar-refractivity contribution < 1.29 is 4.92 Å². The van der Waals surface area contributed by atoms with Gasteiger partial charge < -0.3 is 0 Å². The van der Waals surface area contributed by atoms with E-state index >= 15 is 0 Å². The molecule has 0 aliphatic heterocycles. The lowest BCUT2D eigenvalue weighted by atomic mass is 10.1. The second-order valence-corrected chi connectivity index (χ2v) is 5.29. The van der Waals surface area contributed by atoms with Crippen molar-refractivity contribution >= 4 is 0 Å². The average Bonchev–Trinajstić information content (AvgIpc) is 2.46. The maximum absolute atomic E-state index is 10.1. The highest BCUT2D eigenvalue weighted by Crippen LogP contribution is 2.07. The van der Waals surface area contributed by atoms with Crippen LogP contribution < -0.4 is 0 Å². The van der Waals surface area contributed by atoms with Crippen molar-refractivity contribution in [1.82, 2.24) is 0 Å². The third kappa shape index (κ3) is 18.6. The van der Waals surface area contributed by atoms with Crippen LogP contribution in [0.3, 0.4) is 0 Å². The zero-order valence-electron chi connectivity index (χ0n) is 13.5. The third-order valence-electron chi connectivity index (χ3n) is 3.25. The Morgan fingerprint density at radius 2 is 1.29 bits per heavy atom. The van der Waals surface area contributed by atoms with Crippen LogP contribution in [0.25, 0.3) is 0 Å². The minimum absolute atomic E-state index is 0.0292. The Bertz CT molecular complexity index is 319. The lowest BCUT2D eigenvalue weighted by Gasteiger charge is -1.97. The molecule has 0 unspecified atom stereocenters. The Labute approximate surface area is 130 Å². The Hall–Kier alpha value is -1.38. The van der Waals surface area contributed by atoms with Crippen LogP contribution in [0.2, 0.25) is 0 Å². The van der Waals surface area contributed by atoms with Crippen molar-refractivity contribution in [2.75, 3.05) is 6.54 Å². The van der Waals surface area contributed by atoms with E-state index in [9.17, 15) is 10.1 Å². The molecule has 0 fully saturated rings. The van der Waals surface area contributed by atoms with Gasteiger partial charge in [-0.1, -0.05) is 75.5 Å². The second-order valence-electron chi connectivity index (χ2n) is 5.29. The van der Waals surface area contributed by atoms with Gasteiger partial charge in [-0.05, 0) is 25.7 Å². The molecule has 0 spiro atoms. The number of nitrogens with zero attached hydrogens (tertiary/aromatic N) is 1. The fraction of sp³-hybridized carbons (Fsp3) is 0.667. The topological polar surface area (TPSA) is 43.1 Å². The van der Waals surface area contributed by atoms with Crippen LogP contribution in [0.15, 0.2) is 36.5 Å². The Kier molecular flexibility index (Phi) is 15.6. The summed E-state index contributed by atoms with van der Waals surface area (Å²) in [4.78, 5) is 9.81. The van der Waals surface area contributed by atoms with E-state index in [1.165, 1.54) is 44.9 Å². The van der Waals surface area contributed by atoms with E-state index in [2.05, 4.69) is 31.2 Å². The van der Waals surface area contributed by atoms with Crippen LogP contribution in [0.4, 0.5) is 0 Å². The molecule has 0 aliphatic carbocycles. The SMILES string of the molecule is CCCCCCCC/C=C\C/C=C\C/C=C\CC[N+](=O)[O-]. The predicted molar refractivity (Wildman–Crippen MR) is 91.1 cm³/mol. The lowest BCUT2D eigenvalue weighted by Crippen LogP contribution is -1.97. The molecule has 0 aromatic rings. The standard InChI is InChI=1S/C18H31NO2/c1-2-3-4-5-6-7-8-9-10-11-12-13-14-15-16-17-18-19(20)21/h9-10,12-13,15-16H,2-8,11,14,17-18H2,1H3/b10-9-,13-12-,16-15-. The summed E-state index contributed by atoms with van der Waals surface area (Å²) in [7, 11) is 0. The molecule has 0 atom stereocenters. The van der Waals surface area contributed by atoms with Gasteiger partial charge in [0.25, 0.3) is 0 Å². The summed E-state index contributed by atoms with van der Waals surface area (Å²) in [6.45, 7) is 2.28. The molecule has 0 aromatic carbocycles. The minimum atomic E-state index is -0.283. The zero-order chi connectivity index (χ0) is 15.6. The summed E-state index contributed by atoms with van der Waals surface area (Å²) in [5.74, 6) is 0. The molecule has 0 amide bonds. The summed E-state index contributed by atoms with van der Waals surface area (Å²) >= 11 is 0. The van der Waals surface area contributed by atoms with Crippen LogP contribution in [-0.4, -0.2) is 11.5 Å². The molecular weight excluding hydrogens is 262 g/mol. The van der Waals surface area contributed by atoms with E-state index in [0.29, 0.717) is 6.42 Å². The monoisotopic (exact) mass is 293 g/mol. The van der Waals surface area contributed by atoms with Crippen LogP contribution >= 0.6 is 0 Å². The first kappa shape index (κ1) is 19.6. The molecule has 0 saturated heterocycles. The van der Waals surface area contributed by atoms with Gasteiger partial charge in [0.15, 0.2) is 0 Å². The van der Waals surface area contributed by atoms with Crippen molar-refractivity contribution in [3.05, 3.63) is 46.6 Å². The maximum Gasteiger partial charge on any atom is 0.207 e. The van der Waals surface area contributed by atoms with Gasteiger partial charge in [-0.25, -0.2) is 0 Å². The number of hydrogen-bond donors (Lipinski definition) is 0. The first-order chi connectivity index (χ1) is 10.3. The highest BCUT2D eigenvalue weighted by atomic mass is 16.6. The van der Waals surface area contributed by atoms with Gasteiger partial charge in [-0.15, -0.1) is 0 Å². The number of nitro groups is 1. The van der Waals surface area contributed by atoms with Gasteiger partial charge in [0, 0.05) is 11.3 Å². The quantitative estimate of drug-likeness (QED) is 0.174. The van der Waals surface area contributed by atoms with E-state index in [1.807, 2.05) is 12.2 Å². The highest BCUT2D eigenvalue weighted by molar-refractivity contribution is 4.97. The third-order valence-corrected chi connectivity index (χ3v) is 3.25. The van der Waals surface area contributed by atoms with Crippen LogP contribution in [0.1, 0.15) is 71.1 Å². The van der Waals surface area contributed by atoms with Gasteiger partial charge >= 0.3 is 0 Å². The zero-order valence-corrected chi connectivity index (χ0v) is 13.5. The molecule has 120 valence electrons. The Morgan fingerprint density at radius 3 is 1.90 bits per heavy atom. The van der Waals surface area contributed by atoms with Crippen molar-refractivity contribution in [1.29, 1.82) is 0 Å². The summed E-state index contributed by atoms with van der Waals surface area (Å²) < 4.78 is 0. The van der Waals surface area contributed by atoms with Gasteiger partial charge in [0.1, 0.15) is 0 Å². The summed E-state index contributed by atoms with van der Waals surface area (Å²) in [6, 6.07) is 0. The molecular formula is C18H31NO2. The fourth-order valence-corrected chi connectivity index (χ4v) is 2.00. The summed E-state index contributed by atoms with van der Waals surface area (Å²) in [6.07, 6.45) is 24.3. The van der Waals surface area contributed by atoms with Gasteiger partial charge in [0.2, 0.25) is 6.54 Å². The van der Waals surface area contributed by atoms with Gasteiger partial charge in [-0.3, -0.25) is 10.1 Å². The Morgan fingerprint density at radius 1 is 0.762 bits per heavy atom. The second kappa shape index (κ2) is 16.7. The molecule has 0 radical (unpaired) electrons. The van der Waals surface area contributed by atoms with Crippen molar-refractivity contribution in [3.8, 4) is 0 Å². The van der Waals surface area contributed by atoms with E-state index in [-0.39, 0.29) is 11.5 Å². The van der Waals surface area contributed by atoms with E-state index in [4.69, 9.17) is 0 Å². The van der Waals surface area contributed by atoms with Crippen LogP contribution in [0.5, 0.6) is 0 Å². The molecule has 0 N–H and O–H groups in total. The number of unbranched alkanes of at least 4 members (excludes halogenated alkanes) is 6. The molecule has 3 heteroatoms. The van der Waals surface area contributed by atoms with Crippen molar-refractivity contribution in [2.45, 2.75) is 71.1 Å². The first-order valence-corrected chi connectivity index (χ1v) is 8.34. The van der Waals surface area contributed by atoms with Crippen molar-refractivity contribution in [3.63, 3.8) is 0 Å². The molecule has 21 heavy (non-hydrogen) atoms. The normalized spacial score (nSPS) is 12.0. The fourth-order valence-electron chi connectivity index (χ4n) is 2.00. The van der Waals surface area contributed by atoms with Crippen LogP contribution in [-0.2, 0) is 0 Å². The van der Waals surface area contributed by atoms with Gasteiger partial charge in [0.05, 0.1) is 0 Å². The first-order valence-electron chi connectivity index (χ1n) is 8.34. The highest BCUT2D eigenvalue weighted by Gasteiger charge is 1.90. The molecule has 0 aromatic heterocycles. The van der Waals surface area contributed by atoms with E-state index in [1.54, 1.807) is 0 Å². The van der Waals surface area contributed by atoms with Crippen molar-refractivity contribution in [2.24, 2.45) is 0 Å². The molecule has 0 rings (SSSR count). The molecule has 0 saturated carbocycles.